The summed E-state index contributed by atoms with van der Waals surface area (Å²) in [6.45, 7) is 4.72. The van der Waals surface area contributed by atoms with Gasteiger partial charge in [0, 0.05) is 17.8 Å². The molecule has 0 atom stereocenters. The summed E-state index contributed by atoms with van der Waals surface area (Å²) in [5.74, 6) is 0.139. The van der Waals surface area contributed by atoms with Crippen LogP contribution in [0.5, 0.6) is 0 Å². The Kier molecular flexibility index (Phi) is 4.28. The van der Waals surface area contributed by atoms with E-state index in [-0.39, 0.29) is 5.54 Å². The number of rotatable bonds is 6. The quantitative estimate of drug-likeness (QED) is 0.735. The monoisotopic (exact) mass is 276 g/mol. The van der Waals surface area contributed by atoms with E-state index in [1.165, 1.54) is 0 Å². The van der Waals surface area contributed by atoms with Gasteiger partial charge in [0.2, 0.25) is 0 Å². The fourth-order valence-electron chi connectivity index (χ4n) is 2.55. The molecule has 0 unspecified atom stereocenters. The van der Waals surface area contributed by atoms with Crippen LogP contribution >= 0.6 is 0 Å². The number of amides is 1. The zero-order chi connectivity index (χ0) is 14.8. The molecule has 0 saturated heterocycles. The SMILES string of the molecule is CCC(N)(CC)CNc1nc2c(cc1C(N)=O)CCC2. The van der Waals surface area contributed by atoms with Gasteiger partial charge in [0.25, 0.3) is 5.91 Å². The highest BCUT2D eigenvalue weighted by atomic mass is 16.1. The van der Waals surface area contributed by atoms with E-state index in [2.05, 4.69) is 24.1 Å². The highest BCUT2D eigenvalue weighted by molar-refractivity contribution is 5.97. The molecule has 5 nitrogen and oxygen atoms in total. The van der Waals surface area contributed by atoms with Gasteiger partial charge in [-0.3, -0.25) is 4.79 Å². The van der Waals surface area contributed by atoms with E-state index in [1.54, 1.807) is 0 Å². The second-order valence-corrected chi connectivity index (χ2v) is 5.63. The smallest absolute Gasteiger partial charge is 0.252 e. The molecule has 0 radical (unpaired) electrons. The van der Waals surface area contributed by atoms with Crippen LogP contribution in [0.3, 0.4) is 0 Å². The minimum atomic E-state index is -0.440. The molecule has 0 aromatic carbocycles. The summed E-state index contributed by atoms with van der Waals surface area (Å²) >= 11 is 0. The van der Waals surface area contributed by atoms with Gasteiger partial charge in [0.1, 0.15) is 5.82 Å². The van der Waals surface area contributed by atoms with Crippen molar-refractivity contribution in [3.63, 3.8) is 0 Å². The van der Waals surface area contributed by atoms with Crippen LogP contribution in [0.2, 0.25) is 0 Å². The van der Waals surface area contributed by atoms with Crippen LogP contribution in [-0.4, -0.2) is 23.0 Å². The molecule has 20 heavy (non-hydrogen) atoms. The van der Waals surface area contributed by atoms with Crippen LogP contribution in [0.4, 0.5) is 5.82 Å². The topological polar surface area (TPSA) is 94.0 Å². The van der Waals surface area contributed by atoms with E-state index in [9.17, 15) is 4.79 Å². The number of nitrogens with one attached hydrogen (secondary N) is 1. The number of nitrogens with two attached hydrogens (primary N) is 2. The highest BCUT2D eigenvalue weighted by Gasteiger charge is 2.23. The number of hydrogen-bond acceptors (Lipinski definition) is 4. The maximum atomic E-state index is 11.6. The van der Waals surface area contributed by atoms with Crippen LogP contribution in [0.15, 0.2) is 6.07 Å². The van der Waals surface area contributed by atoms with Crippen molar-refractivity contribution in [2.45, 2.75) is 51.5 Å². The molecule has 2 rings (SSSR count). The van der Waals surface area contributed by atoms with E-state index in [4.69, 9.17) is 11.5 Å². The average molecular weight is 276 g/mol. The average Bonchev–Trinajstić information content (AvgIpc) is 2.90. The Balaban J connectivity index is 2.24. The number of pyridine rings is 1. The maximum absolute atomic E-state index is 11.6. The molecule has 1 aromatic heterocycles. The Morgan fingerprint density at radius 3 is 2.70 bits per heavy atom. The van der Waals surface area contributed by atoms with Gasteiger partial charge in [0.15, 0.2) is 0 Å². The largest absolute Gasteiger partial charge is 0.368 e. The van der Waals surface area contributed by atoms with Gasteiger partial charge in [-0.1, -0.05) is 13.8 Å². The zero-order valence-corrected chi connectivity index (χ0v) is 12.3. The van der Waals surface area contributed by atoms with E-state index < -0.39 is 5.91 Å². The Morgan fingerprint density at radius 1 is 1.40 bits per heavy atom. The first-order chi connectivity index (χ1) is 9.49. The summed E-state index contributed by atoms with van der Waals surface area (Å²) in [7, 11) is 0. The van der Waals surface area contributed by atoms with Crippen molar-refractivity contribution in [3.8, 4) is 0 Å². The van der Waals surface area contributed by atoms with Crippen molar-refractivity contribution in [1.82, 2.24) is 4.98 Å². The van der Waals surface area contributed by atoms with Crippen LogP contribution in [0.25, 0.3) is 0 Å². The lowest BCUT2D eigenvalue weighted by molar-refractivity contribution is 0.100. The van der Waals surface area contributed by atoms with Crippen LogP contribution in [0, 0.1) is 0 Å². The predicted octanol–water partition coefficient (Wildman–Crippen LogP) is 1.60. The lowest BCUT2D eigenvalue weighted by atomic mass is 9.94. The third kappa shape index (κ3) is 2.93. The number of hydrogen-bond donors (Lipinski definition) is 3. The number of nitrogens with zero attached hydrogens (tertiary/aromatic N) is 1. The number of fused-ring (bicyclic) bond motifs is 1. The molecule has 5 heteroatoms. The number of carbonyl (C=O) groups is 1. The maximum Gasteiger partial charge on any atom is 0.252 e. The minimum Gasteiger partial charge on any atom is -0.368 e. The molecule has 1 heterocycles. The molecule has 1 aromatic rings. The molecule has 5 N–H and O–H groups in total. The Bertz CT molecular complexity index is 509. The predicted molar refractivity (Wildman–Crippen MR) is 80.8 cm³/mol. The number of carbonyl (C=O) groups excluding carboxylic acids is 1. The molecule has 1 amide bonds. The van der Waals surface area contributed by atoms with Crippen molar-refractivity contribution >= 4 is 11.7 Å². The molecule has 110 valence electrons. The second-order valence-electron chi connectivity index (χ2n) is 5.63. The molecule has 0 aliphatic heterocycles. The first kappa shape index (κ1) is 14.8. The normalized spacial score (nSPS) is 14.2. The molecule has 0 fully saturated rings. The summed E-state index contributed by atoms with van der Waals surface area (Å²) in [5.41, 5.74) is 14.2. The third-order valence-electron chi connectivity index (χ3n) is 4.33. The van der Waals surface area contributed by atoms with E-state index in [0.29, 0.717) is 17.9 Å². The van der Waals surface area contributed by atoms with Gasteiger partial charge in [-0.05, 0) is 43.7 Å². The summed E-state index contributed by atoms with van der Waals surface area (Å²) in [6, 6.07) is 1.89. The fraction of sp³-hybridized carbons (Fsp3) is 0.600. The van der Waals surface area contributed by atoms with Crippen molar-refractivity contribution in [2.75, 3.05) is 11.9 Å². The van der Waals surface area contributed by atoms with Gasteiger partial charge in [-0.15, -0.1) is 0 Å². The van der Waals surface area contributed by atoms with E-state index in [0.717, 1.165) is 43.4 Å². The number of aromatic nitrogens is 1. The number of primary amides is 1. The Morgan fingerprint density at radius 2 is 2.10 bits per heavy atom. The van der Waals surface area contributed by atoms with Crippen LogP contribution in [0.1, 0.15) is 54.7 Å². The molecular formula is C15H24N4O. The van der Waals surface area contributed by atoms with Gasteiger partial charge in [-0.2, -0.15) is 0 Å². The van der Waals surface area contributed by atoms with Gasteiger partial charge < -0.3 is 16.8 Å². The van der Waals surface area contributed by atoms with Crippen molar-refractivity contribution in [2.24, 2.45) is 11.5 Å². The molecule has 0 spiro atoms. The van der Waals surface area contributed by atoms with Crippen molar-refractivity contribution < 1.29 is 4.79 Å². The molecule has 1 aliphatic rings. The van der Waals surface area contributed by atoms with Crippen molar-refractivity contribution in [1.29, 1.82) is 0 Å². The summed E-state index contributed by atoms with van der Waals surface area (Å²) in [5, 5.41) is 3.23. The van der Waals surface area contributed by atoms with Crippen molar-refractivity contribution in [3.05, 3.63) is 22.9 Å². The van der Waals surface area contributed by atoms with Gasteiger partial charge in [0.05, 0.1) is 5.56 Å². The van der Waals surface area contributed by atoms with E-state index in [1.807, 2.05) is 6.07 Å². The van der Waals surface area contributed by atoms with E-state index >= 15 is 0 Å². The summed E-state index contributed by atoms with van der Waals surface area (Å²) in [6.07, 6.45) is 4.78. The standard InChI is InChI=1S/C15H24N4O/c1-3-15(17,4-2)9-18-14-11(13(16)20)8-10-6-5-7-12(10)19-14/h8H,3-7,9,17H2,1-2H3,(H2,16,20)(H,18,19). The van der Waals surface area contributed by atoms with Gasteiger partial charge >= 0.3 is 0 Å². The fourth-order valence-corrected chi connectivity index (χ4v) is 2.55. The molecular weight excluding hydrogens is 252 g/mol. The second kappa shape index (κ2) is 5.79. The lowest BCUT2D eigenvalue weighted by Gasteiger charge is -2.27. The first-order valence-corrected chi connectivity index (χ1v) is 7.34. The highest BCUT2D eigenvalue weighted by Crippen LogP contribution is 2.25. The zero-order valence-electron chi connectivity index (χ0n) is 12.3. The first-order valence-electron chi connectivity index (χ1n) is 7.34. The lowest BCUT2D eigenvalue weighted by Crippen LogP contribution is -2.45. The number of anilines is 1. The summed E-state index contributed by atoms with van der Waals surface area (Å²) in [4.78, 5) is 16.2. The molecule has 0 saturated carbocycles. The van der Waals surface area contributed by atoms with Crippen LogP contribution in [-0.2, 0) is 12.8 Å². The Labute approximate surface area is 120 Å². The Hall–Kier alpha value is -1.62. The number of aryl methyl sites for hydroxylation is 2. The molecule has 0 bridgehead atoms. The van der Waals surface area contributed by atoms with Crippen LogP contribution < -0.4 is 16.8 Å². The minimum absolute atomic E-state index is 0.282. The molecule has 1 aliphatic carbocycles. The third-order valence-corrected chi connectivity index (χ3v) is 4.33. The van der Waals surface area contributed by atoms with Gasteiger partial charge in [-0.25, -0.2) is 4.98 Å². The summed E-state index contributed by atoms with van der Waals surface area (Å²) < 4.78 is 0.